The van der Waals surface area contributed by atoms with Crippen LogP contribution in [0.5, 0.6) is 11.5 Å². The number of aliphatic hydroxyl groups excluding tert-OH is 1. The van der Waals surface area contributed by atoms with Crippen molar-refractivity contribution in [2.75, 3.05) is 44.7 Å². The second-order valence-electron chi connectivity index (χ2n) is 23.1. The highest BCUT2D eigenvalue weighted by atomic mass is 16.5. The van der Waals surface area contributed by atoms with Gasteiger partial charge in [-0.25, -0.2) is 0 Å². The lowest BCUT2D eigenvalue weighted by atomic mass is 9.79. The largest absolute Gasteiger partial charge is 0.507 e. The van der Waals surface area contributed by atoms with Gasteiger partial charge in [-0.3, -0.25) is 29.0 Å². The van der Waals surface area contributed by atoms with Crippen LogP contribution in [0.25, 0.3) is 0 Å². The molecular formula is C59H80N6O9. The SMILES string of the molecule is C/C1=C/C=C/C(C)C[C@@H](C)C(O)[C@@H](C)C(OC(=O)CCC(=O)N2CCC(N(C)c3ccccc3)CC2)[C@H](C)CCCC2(C)Oc3c(C)c(O)c4c(c3C2=O)C2=NC3(CCN(CC(C)C)CC3)NC2=C(NC1=O)C4=O. The number of phenolic OH excluding ortho intramolecular Hbond substituents is 1. The van der Waals surface area contributed by atoms with Crippen LogP contribution in [0.3, 0.4) is 0 Å². The Morgan fingerprint density at radius 3 is 2.28 bits per heavy atom. The third kappa shape index (κ3) is 11.1. The summed E-state index contributed by atoms with van der Waals surface area (Å²) in [7, 11) is 2.09. The summed E-state index contributed by atoms with van der Waals surface area (Å²) in [6.07, 6.45) is 8.54. The third-order valence-electron chi connectivity index (χ3n) is 16.8. The number of piperidine rings is 2. The smallest absolute Gasteiger partial charge is 0.306 e. The molecule has 0 saturated carbocycles. The van der Waals surface area contributed by atoms with E-state index in [0.717, 1.165) is 38.2 Å². The Labute approximate surface area is 437 Å². The molecule has 0 radical (unpaired) electrons. The average molecular weight is 1020 g/mol. The Kier molecular flexibility index (Phi) is 16.3. The van der Waals surface area contributed by atoms with E-state index in [0.29, 0.717) is 74.1 Å². The van der Waals surface area contributed by atoms with Gasteiger partial charge in [-0.15, -0.1) is 0 Å². The summed E-state index contributed by atoms with van der Waals surface area (Å²) >= 11 is 0. The number of amides is 2. The zero-order valence-electron chi connectivity index (χ0n) is 45.4. The highest BCUT2D eigenvalue weighted by molar-refractivity contribution is 6.34. The maximum absolute atomic E-state index is 15.1. The second-order valence-corrected chi connectivity index (χ2v) is 23.1. The summed E-state index contributed by atoms with van der Waals surface area (Å²) in [5.41, 5.74) is 0.434. The van der Waals surface area contributed by atoms with Gasteiger partial charge in [0.05, 0.1) is 35.1 Å². The van der Waals surface area contributed by atoms with Crippen molar-refractivity contribution in [1.29, 1.82) is 0 Å². The number of aromatic hydroxyl groups is 1. The van der Waals surface area contributed by atoms with Crippen molar-refractivity contribution in [3.63, 3.8) is 0 Å². The summed E-state index contributed by atoms with van der Waals surface area (Å²) in [5.74, 6) is -2.70. The predicted octanol–water partition coefficient (Wildman–Crippen LogP) is 8.20. The molecule has 2 amide bonds. The van der Waals surface area contributed by atoms with Gasteiger partial charge in [0, 0.05) is 93.4 Å². The number of fused-ring (bicyclic) bond motifs is 13. The molecule has 6 aliphatic heterocycles. The van der Waals surface area contributed by atoms with Gasteiger partial charge in [0.25, 0.3) is 5.91 Å². The number of carbonyl (C=O) groups excluding carboxylic acids is 5. The second kappa shape index (κ2) is 22.2. The molecule has 2 aromatic rings. The molecule has 74 heavy (non-hydrogen) atoms. The topological polar surface area (TPSA) is 190 Å². The van der Waals surface area contributed by atoms with Crippen LogP contribution in [0.2, 0.25) is 0 Å². The van der Waals surface area contributed by atoms with Crippen molar-refractivity contribution in [3.05, 3.63) is 87.8 Å². The number of benzene rings is 2. The van der Waals surface area contributed by atoms with Gasteiger partial charge in [0.2, 0.25) is 17.5 Å². The van der Waals surface area contributed by atoms with E-state index in [1.807, 2.05) is 56.9 Å². The van der Waals surface area contributed by atoms with Crippen molar-refractivity contribution in [2.45, 2.75) is 156 Å². The maximum Gasteiger partial charge on any atom is 0.306 e. The average Bonchev–Trinajstić information content (AvgIpc) is 3.88. The number of para-hydroxylation sites is 1. The number of aliphatic hydroxyl groups is 1. The highest BCUT2D eigenvalue weighted by Crippen LogP contribution is 2.51. The molecule has 15 heteroatoms. The number of aliphatic imine (C=N–C) groups is 1. The van der Waals surface area contributed by atoms with E-state index in [4.69, 9.17) is 14.5 Å². The lowest BCUT2D eigenvalue weighted by Gasteiger charge is -2.38. The van der Waals surface area contributed by atoms with Crippen LogP contribution in [0, 0.1) is 36.5 Å². The number of hydrogen-bond donors (Lipinski definition) is 4. The van der Waals surface area contributed by atoms with E-state index in [9.17, 15) is 29.4 Å². The predicted molar refractivity (Wildman–Crippen MR) is 286 cm³/mol. The Hall–Kier alpha value is -5.80. The molecule has 2 aromatic carbocycles. The first-order valence-electron chi connectivity index (χ1n) is 27.2. The van der Waals surface area contributed by atoms with Crippen molar-refractivity contribution < 1.29 is 43.7 Å². The van der Waals surface area contributed by atoms with E-state index in [2.05, 4.69) is 53.5 Å². The van der Waals surface area contributed by atoms with Crippen LogP contribution in [-0.4, -0.2) is 124 Å². The lowest BCUT2D eigenvalue weighted by molar-refractivity contribution is -0.160. The van der Waals surface area contributed by atoms with E-state index in [1.165, 1.54) is 0 Å². The van der Waals surface area contributed by atoms with Crippen LogP contribution in [-0.2, 0) is 19.1 Å². The van der Waals surface area contributed by atoms with Crippen LogP contribution < -0.4 is 20.3 Å². The van der Waals surface area contributed by atoms with E-state index < -0.39 is 47.0 Å². The zero-order chi connectivity index (χ0) is 53.4. The highest BCUT2D eigenvalue weighted by Gasteiger charge is 2.53. The Bertz CT molecular complexity index is 2620. The van der Waals surface area contributed by atoms with Crippen LogP contribution >= 0.6 is 0 Å². The standard InChI is InChI=1S/C59H80N6O9/c1-34(2)33-64-30-26-59(27-31-64)61-48-45-46-52(69)40(8)55-47(45)56(71)58(9,74-55)25-15-18-36(4)54(73-44(67)22-21-43(66)65-28-23-42(24-29-65)63(10)41-19-12-11-13-20-41)39(7)51(68)38(6)32-35(3)16-14-17-37(5)57(72)60-50(53(46)70)49(48)62-59/h11-14,16-17,19-20,34-36,38-39,42,51,54,62,68-69H,15,18,21-33H2,1-10H3,(H,60,72)/b16-14+,37-17-/t35?,36-,38-,39-,51?,54?,58?/m1/s1. The molecule has 1 spiro atoms. The van der Waals surface area contributed by atoms with Crippen LogP contribution in [0.1, 0.15) is 151 Å². The van der Waals surface area contributed by atoms with Gasteiger partial charge in [-0.05, 0) is 95.1 Å². The minimum atomic E-state index is -1.39. The molecule has 15 nitrogen and oxygen atoms in total. The number of nitrogens with zero attached hydrogens (tertiary/aromatic N) is 4. The number of rotatable bonds is 8. The van der Waals surface area contributed by atoms with Gasteiger partial charge in [0.15, 0.2) is 5.60 Å². The molecule has 1 aliphatic carbocycles. The molecular weight excluding hydrogens is 937 g/mol. The first kappa shape index (κ1) is 54.5. The van der Waals surface area contributed by atoms with E-state index >= 15 is 4.79 Å². The number of Topliss-reactive ketones (excluding diaryl/α,β-unsaturated/α-hetero) is 2. The zero-order valence-corrected chi connectivity index (χ0v) is 45.4. The number of ether oxygens (including phenoxy) is 2. The van der Waals surface area contributed by atoms with Crippen LogP contribution in [0.15, 0.2) is 70.5 Å². The number of esters is 1. The fourth-order valence-corrected chi connectivity index (χ4v) is 12.3. The molecule has 4 N–H and O–H groups in total. The molecule has 0 aromatic heterocycles. The molecule has 6 heterocycles. The number of carbonyl (C=O) groups is 5. The minimum absolute atomic E-state index is 0.00849. The number of likely N-dealkylation sites (tertiary alicyclic amines) is 2. The third-order valence-corrected chi connectivity index (χ3v) is 16.8. The Morgan fingerprint density at radius 1 is 0.919 bits per heavy atom. The van der Waals surface area contributed by atoms with E-state index in [1.54, 1.807) is 32.9 Å². The molecule has 7 aliphatic rings. The fraction of sp³-hybridized carbons (Fsp3) is 0.593. The fourth-order valence-electron chi connectivity index (χ4n) is 12.3. The summed E-state index contributed by atoms with van der Waals surface area (Å²) in [6.45, 7) is 21.0. The number of ketones is 2. The molecule has 400 valence electrons. The number of hydrogen-bond acceptors (Lipinski definition) is 13. The van der Waals surface area contributed by atoms with Crippen molar-refractivity contribution in [2.24, 2.45) is 34.6 Å². The van der Waals surface area contributed by atoms with Gasteiger partial charge in [-0.1, -0.05) is 78.0 Å². The van der Waals surface area contributed by atoms with Gasteiger partial charge in [-0.2, -0.15) is 0 Å². The first-order chi connectivity index (χ1) is 35.1. The van der Waals surface area contributed by atoms with Crippen molar-refractivity contribution in [3.8, 4) is 11.5 Å². The van der Waals surface area contributed by atoms with Crippen molar-refractivity contribution >= 4 is 40.7 Å². The minimum Gasteiger partial charge on any atom is -0.507 e. The van der Waals surface area contributed by atoms with Gasteiger partial charge < -0.3 is 45.0 Å². The summed E-state index contributed by atoms with van der Waals surface area (Å²) < 4.78 is 13.0. The number of phenols is 1. The van der Waals surface area contributed by atoms with Crippen LogP contribution in [0.4, 0.5) is 5.69 Å². The van der Waals surface area contributed by atoms with Gasteiger partial charge >= 0.3 is 5.97 Å². The molecule has 2 fully saturated rings. The molecule has 2 saturated heterocycles. The lowest BCUT2D eigenvalue weighted by Crippen LogP contribution is -2.50. The first-order valence-corrected chi connectivity index (χ1v) is 27.2. The van der Waals surface area contributed by atoms with Crippen molar-refractivity contribution in [1.82, 2.24) is 20.4 Å². The molecule has 7 atom stereocenters. The van der Waals surface area contributed by atoms with Gasteiger partial charge in [0.1, 0.15) is 29.0 Å². The quantitative estimate of drug-likeness (QED) is 0.186. The van der Waals surface area contributed by atoms with E-state index in [-0.39, 0.29) is 88.2 Å². The Morgan fingerprint density at radius 2 is 1.61 bits per heavy atom. The molecule has 5 bridgehead atoms. The molecule has 9 rings (SSSR count). The number of anilines is 1. The normalized spacial score (nSPS) is 29.1. The maximum atomic E-state index is 15.1. The summed E-state index contributed by atoms with van der Waals surface area (Å²) in [6, 6.07) is 10.5. The monoisotopic (exact) mass is 1020 g/mol. The summed E-state index contributed by atoms with van der Waals surface area (Å²) in [5, 5.41) is 30.4. The number of allylic oxidation sites excluding steroid dienone is 5. The molecule has 4 unspecified atom stereocenters. The Balaban J connectivity index is 1.05. The number of nitrogens with one attached hydrogen (secondary N) is 2. The summed E-state index contributed by atoms with van der Waals surface area (Å²) in [4.78, 5) is 83.1.